The molecular weight excluding hydrogens is 176 g/mol. The number of benzene rings is 1. The van der Waals surface area contributed by atoms with E-state index in [2.05, 4.69) is 6.07 Å². The maximum atomic E-state index is 10.8. The zero-order chi connectivity index (χ0) is 10.7. The predicted molar refractivity (Wildman–Crippen MR) is 56.1 cm³/mol. The molecule has 0 aliphatic rings. The molecule has 2 heteroatoms. The first-order valence-corrected chi connectivity index (χ1v) is 4.74. The van der Waals surface area contributed by atoms with Crippen LogP contribution in [0.25, 0.3) is 0 Å². The van der Waals surface area contributed by atoms with Crippen LogP contribution in [0.1, 0.15) is 36.6 Å². The van der Waals surface area contributed by atoms with E-state index < -0.39 is 0 Å². The van der Waals surface area contributed by atoms with Gasteiger partial charge in [-0.15, -0.1) is 0 Å². The van der Waals surface area contributed by atoms with Crippen molar-refractivity contribution >= 4 is 5.97 Å². The molecule has 0 bridgehead atoms. The molecule has 1 aromatic carbocycles. The maximum Gasteiger partial charge on any atom is 0.303 e. The van der Waals surface area contributed by atoms with E-state index in [4.69, 9.17) is 4.74 Å². The molecule has 1 atom stereocenters. The lowest BCUT2D eigenvalue weighted by Crippen LogP contribution is -2.05. The van der Waals surface area contributed by atoms with Crippen LogP contribution in [-0.2, 0) is 9.53 Å². The SMILES string of the molecule is CC(=O)OC(C)c1cc(C)cc(C)c1. The van der Waals surface area contributed by atoms with Crippen molar-refractivity contribution < 1.29 is 9.53 Å². The van der Waals surface area contributed by atoms with Gasteiger partial charge in [-0.3, -0.25) is 4.79 Å². The van der Waals surface area contributed by atoms with Gasteiger partial charge in [-0.25, -0.2) is 0 Å². The third kappa shape index (κ3) is 2.87. The van der Waals surface area contributed by atoms with E-state index in [1.165, 1.54) is 18.1 Å². The molecule has 1 rings (SSSR count). The fourth-order valence-corrected chi connectivity index (χ4v) is 1.56. The van der Waals surface area contributed by atoms with Gasteiger partial charge in [0.25, 0.3) is 0 Å². The number of rotatable bonds is 2. The van der Waals surface area contributed by atoms with Crippen LogP contribution in [-0.4, -0.2) is 5.97 Å². The second-order valence-electron chi connectivity index (χ2n) is 3.67. The van der Waals surface area contributed by atoms with Gasteiger partial charge in [0.1, 0.15) is 6.10 Å². The molecule has 0 spiro atoms. The minimum absolute atomic E-state index is 0.161. The molecule has 0 amide bonds. The third-order valence-electron chi connectivity index (χ3n) is 2.06. The highest BCUT2D eigenvalue weighted by molar-refractivity contribution is 5.66. The zero-order valence-electron chi connectivity index (χ0n) is 9.13. The molecule has 2 nitrogen and oxygen atoms in total. The van der Waals surface area contributed by atoms with Crippen LogP contribution in [0.15, 0.2) is 18.2 Å². The number of carbonyl (C=O) groups excluding carboxylic acids is 1. The van der Waals surface area contributed by atoms with Gasteiger partial charge in [0.05, 0.1) is 0 Å². The first kappa shape index (κ1) is 10.8. The molecule has 0 aromatic heterocycles. The molecule has 0 fully saturated rings. The van der Waals surface area contributed by atoms with Crippen molar-refractivity contribution in [3.05, 3.63) is 34.9 Å². The lowest BCUT2D eigenvalue weighted by atomic mass is 10.0. The van der Waals surface area contributed by atoms with Crippen LogP contribution < -0.4 is 0 Å². The normalized spacial score (nSPS) is 12.3. The fourth-order valence-electron chi connectivity index (χ4n) is 1.56. The fraction of sp³-hybridized carbons (Fsp3) is 0.417. The molecule has 0 saturated heterocycles. The van der Waals surface area contributed by atoms with Gasteiger partial charge in [-0.2, -0.15) is 0 Å². The number of carbonyl (C=O) groups is 1. The van der Waals surface area contributed by atoms with E-state index >= 15 is 0 Å². The predicted octanol–water partition coefficient (Wildman–Crippen LogP) is 2.93. The van der Waals surface area contributed by atoms with Gasteiger partial charge in [0.2, 0.25) is 0 Å². The molecule has 1 unspecified atom stereocenters. The number of esters is 1. The van der Waals surface area contributed by atoms with E-state index in [0.717, 1.165) is 5.56 Å². The number of hydrogen-bond donors (Lipinski definition) is 0. The molecular formula is C12H16O2. The Morgan fingerprint density at radius 2 is 1.71 bits per heavy atom. The third-order valence-corrected chi connectivity index (χ3v) is 2.06. The first-order valence-electron chi connectivity index (χ1n) is 4.74. The summed E-state index contributed by atoms with van der Waals surface area (Å²) in [5.74, 6) is -0.239. The summed E-state index contributed by atoms with van der Waals surface area (Å²) in [5, 5.41) is 0. The molecule has 14 heavy (non-hydrogen) atoms. The van der Waals surface area contributed by atoms with Gasteiger partial charge in [-0.05, 0) is 26.3 Å². The van der Waals surface area contributed by atoms with Gasteiger partial charge in [-0.1, -0.05) is 29.3 Å². The molecule has 0 radical (unpaired) electrons. The molecule has 0 saturated carbocycles. The Kier molecular flexibility index (Phi) is 3.28. The Balaban J connectivity index is 2.89. The minimum atomic E-state index is -0.239. The molecule has 0 N–H and O–H groups in total. The van der Waals surface area contributed by atoms with Crippen LogP contribution in [0.2, 0.25) is 0 Å². The van der Waals surface area contributed by atoms with E-state index in [1.807, 2.05) is 32.9 Å². The van der Waals surface area contributed by atoms with Crippen molar-refractivity contribution in [1.82, 2.24) is 0 Å². The van der Waals surface area contributed by atoms with Crippen molar-refractivity contribution in [1.29, 1.82) is 0 Å². The smallest absolute Gasteiger partial charge is 0.303 e. The molecule has 76 valence electrons. The van der Waals surface area contributed by atoms with Crippen molar-refractivity contribution in [3.8, 4) is 0 Å². The Morgan fingerprint density at radius 1 is 1.21 bits per heavy atom. The van der Waals surface area contributed by atoms with Crippen molar-refractivity contribution in [3.63, 3.8) is 0 Å². The summed E-state index contributed by atoms with van der Waals surface area (Å²) >= 11 is 0. The quantitative estimate of drug-likeness (QED) is 0.673. The Labute approximate surface area is 84.9 Å². The van der Waals surface area contributed by atoms with Crippen molar-refractivity contribution in [2.75, 3.05) is 0 Å². The maximum absolute atomic E-state index is 10.8. The Morgan fingerprint density at radius 3 is 2.14 bits per heavy atom. The van der Waals surface area contributed by atoms with Crippen LogP contribution in [0.4, 0.5) is 0 Å². The van der Waals surface area contributed by atoms with Gasteiger partial charge >= 0.3 is 5.97 Å². The highest BCUT2D eigenvalue weighted by atomic mass is 16.5. The van der Waals surface area contributed by atoms with Crippen molar-refractivity contribution in [2.45, 2.75) is 33.8 Å². The summed E-state index contributed by atoms with van der Waals surface area (Å²) in [7, 11) is 0. The largest absolute Gasteiger partial charge is 0.458 e. The summed E-state index contributed by atoms with van der Waals surface area (Å²) in [6.07, 6.45) is -0.161. The second kappa shape index (κ2) is 4.27. The minimum Gasteiger partial charge on any atom is -0.458 e. The Bertz CT molecular complexity index is 322. The highest BCUT2D eigenvalue weighted by Crippen LogP contribution is 2.19. The van der Waals surface area contributed by atoms with E-state index in [0.29, 0.717) is 0 Å². The lowest BCUT2D eigenvalue weighted by Gasteiger charge is -2.13. The van der Waals surface area contributed by atoms with Crippen LogP contribution >= 0.6 is 0 Å². The monoisotopic (exact) mass is 192 g/mol. The van der Waals surface area contributed by atoms with Gasteiger partial charge < -0.3 is 4.74 Å². The topological polar surface area (TPSA) is 26.3 Å². The molecule has 0 aliphatic heterocycles. The van der Waals surface area contributed by atoms with Crippen LogP contribution in [0.5, 0.6) is 0 Å². The molecule has 0 heterocycles. The zero-order valence-corrected chi connectivity index (χ0v) is 9.13. The standard InChI is InChI=1S/C12H16O2/c1-8-5-9(2)7-12(6-8)10(3)14-11(4)13/h5-7,10H,1-4H3. The number of aryl methyl sites for hydroxylation is 2. The van der Waals surface area contributed by atoms with Gasteiger partial charge in [0.15, 0.2) is 0 Å². The summed E-state index contributed by atoms with van der Waals surface area (Å²) in [5.41, 5.74) is 3.44. The average Bonchev–Trinajstić information content (AvgIpc) is 2.00. The van der Waals surface area contributed by atoms with E-state index in [1.54, 1.807) is 0 Å². The summed E-state index contributed by atoms with van der Waals surface area (Å²) < 4.78 is 5.11. The molecule has 0 aliphatic carbocycles. The summed E-state index contributed by atoms with van der Waals surface area (Å²) in [6.45, 7) is 7.39. The van der Waals surface area contributed by atoms with Crippen molar-refractivity contribution in [2.24, 2.45) is 0 Å². The summed E-state index contributed by atoms with van der Waals surface area (Å²) in [4.78, 5) is 10.8. The van der Waals surface area contributed by atoms with Gasteiger partial charge in [0, 0.05) is 6.92 Å². The molecule has 1 aromatic rings. The first-order chi connectivity index (χ1) is 6.49. The number of hydrogen-bond acceptors (Lipinski definition) is 2. The summed E-state index contributed by atoms with van der Waals surface area (Å²) in [6, 6.07) is 6.19. The Hall–Kier alpha value is -1.31. The highest BCUT2D eigenvalue weighted by Gasteiger charge is 2.08. The average molecular weight is 192 g/mol. The van der Waals surface area contributed by atoms with E-state index in [9.17, 15) is 4.79 Å². The van der Waals surface area contributed by atoms with Crippen LogP contribution in [0, 0.1) is 13.8 Å². The van der Waals surface area contributed by atoms with E-state index in [-0.39, 0.29) is 12.1 Å². The van der Waals surface area contributed by atoms with Crippen LogP contribution in [0.3, 0.4) is 0 Å². The lowest BCUT2D eigenvalue weighted by molar-refractivity contribution is -0.145. The second-order valence-corrected chi connectivity index (χ2v) is 3.67. The number of ether oxygens (including phenoxy) is 1.